The van der Waals surface area contributed by atoms with E-state index in [0.29, 0.717) is 5.56 Å². The maximum absolute atomic E-state index is 12.4. The molecule has 0 saturated carbocycles. The standard InChI is InChI=1S/C16H16BrNO/c1-11-8-12(2)10-15(9-11)18(3)16(19)13-4-6-14(17)7-5-13/h4-10H,1-3H3. The molecule has 2 nitrogen and oxygen atoms in total. The van der Waals surface area contributed by atoms with Crippen molar-refractivity contribution in [1.82, 2.24) is 0 Å². The zero-order chi connectivity index (χ0) is 14.0. The van der Waals surface area contributed by atoms with Crippen molar-refractivity contribution in [3.63, 3.8) is 0 Å². The third-order valence-electron chi connectivity index (χ3n) is 2.99. The predicted molar refractivity (Wildman–Crippen MR) is 82.8 cm³/mol. The van der Waals surface area contributed by atoms with Gasteiger partial charge in [0, 0.05) is 22.8 Å². The topological polar surface area (TPSA) is 20.3 Å². The summed E-state index contributed by atoms with van der Waals surface area (Å²) in [5, 5.41) is 0. The second kappa shape index (κ2) is 5.57. The Balaban J connectivity index is 2.30. The van der Waals surface area contributed by atoms with Crippen LogP contribution < -0.4 is 4.90 Å². The molecule has 0 spiro atoms. The first-order valence-corrected chi connectivity index (χ1v) is 6.88. The lowest BCUT2D eigenvalue weighted by Crippen LogP contribution is -2.26. The number of benzene rings is 2. The summed E-state index contributed by atoms with van der Waals surface area (Å²) in [4.78, 5) is 14.1. The van der Waals surface area contributed by atoms with Gasteiger partial charge in [0.25, 0.3) is 5.91 Å². The van der Waals surface area contributed by atoms with Crippen molar-refractivity contribution in [3.8, 4) is 0 Å². The van der Waals surface area contributed by atoms with E-state index < -0.39 is 0 Å². The minimum Gasteiger partial charge on any atom is -0.311 e. The number of hydrogen-bond acceptors (Lipinski definition) is 1. The summed E-state index contributed by atoms with van der Waals surface area (Å²) < 4.78 is 0.970. The lowest BCUT2D eigenvalue weighted by molar-refractivity contribution is 0.0993. The van der Waals surface area contributed by atoms with E-state index in [0.717, 1.165) is 21.3 Å². The van der Waals surface area contributed by atoms with Gasteiger partial charge in [-0.15, -0.1) is 0 Å². The van der Waals surface area contributed by atoms with E-state index in [9.17, 15) is 4.79 Å². The third kappa shape index (κ3) is 3.24. The molecule has 0 aliphatic rings. The van der Waals surface area contributed by atoms with E-state index in [4.69, 9.17) is 0 Å². The molecule has 0 aromatic heterocycles. The number of amides is 1. The van der Waals surface area contributed by atoms with Crippen LogP contribution in [0.2, 0.25) is 0 Å². The van der Waals surface area contributed by atoms with Crippen LogP contribution in [0.3, 0.4) is 0 Å². The summed E-state index contributed by atoms with van der Waals surface area (Å²) in [5.74, 6) is -0.00231. The van der Waals surface area contributed by atoms with Gasteiger partial charge in [0.15, 0.2) is 0 Å². The fraction of sp³-hybridized carbons (Fsp3) is 0.188. The Labute approximate surface area is 122 Å². The van der Waals surface area contributed by atoms with Gasteiger partial charge in [-0.05, 0) is 61.4 Å². The zero-order valence-corrected chi connectivity index (χ0v) is 12.9. The molecule has 19 heavy (non-hydrogen) atoms. The molecule has 0 atom stereocenters. The molecule has 0 heterocycles. The average Bonchev–Trinajstić information content (AvgIpc) is 2.37. The number of carbonyl (C=O) groups excluding carboxylic acids is 1. The number of aryl methyl sites for hydroxylation is 2. The molecule has 1 amide bonds. The van der Waals surface area contributed by atoms with Gasteiger partial charge in [-0.2, -0.15) is 0 Å². The summed E-state index contributed by atoms with van der Waals surface area (Å²) in [7, 11) is 1.80. The van der Waals surface area contributed by atoms with Crippen LogP contribution in [-0.4, -0.2) is 13.0 Å². The van der Waals surface area contributed by atoms with Crippen molar-refractivity contribution in [2.24, 2.45) is 0 Å². The van der Waals surface area contributed by atoms with E-state index >= 15 is 0 Å². The molecule has 2 aromatic carbocycles. The molecule has 0 bridgehead atoms. The molecule has 98 valence electrons. The molecular weight excluding hydrogens is 302 g/mol. The van der Waals surface area contributed by atoms with Crippen molar-refractivity contribution < 1.29 is 4.79 Å². The Morgan fingerprint density at radius 3 is 2.05 bits per heavy atom. The highest BCUT2D eigenvalue weighted by molar-refractivity contribution is 9.10. The van der Waals surface area contributed by atoms with E-state index in [-0.39, 0.29) is 5.91 Å². The number of nitrogens with zero attached hydrogens (tertiary/aromatic N) is 1. The van der Waals surface area contributed by atoms with E-state index in [2.05, 4.69) is 22.0 Å². The normalized spacial score (nSPS) is 10.3. The highest BCUT2D eigenvalue weighted by Crippen LogP contribution is 2.20. The minimum absolute atomic E-state index is 0.00231. The van der Waals surface area contributed by atoms with Gasteiger partial charge in [-0.1, -0.05) is 22.0 Å². The van der Waals surface area contributed by atoms with Crippen LogP contribution in [0.25, 0.3) is 0 Å². The SMILES string of the molecule is Cc1cc(C)cc(N(C)C(=O)c2ccc(Br)cc2)c1. The number of anilines is 1. The van der Waals surface area contributed by atoms with Crippen molar-refractivity contribution in [3.05, 3.63) is 63.6 Å². The Bertz CT molecular complexity index is 584. The van der Waals surface area contributed by atoms with E-state index in [1.54, 1.807) is 11.9 Å². The molecule has 0 fully saturated rings. The maximum Gasteiger partial charge on any atom is 0.258 e. The van der Waals surface area contributed by atoms with E-state index in [1.807, 2.05) is 50.2 Å². The summed E-state index contributed by atoms with van der Waals surface area (Å²) in [6, 6.07) is 13.5. The van der Waals surface area contributed by atoms with Gasteiger partial charge in [-0.3, -0.25) is 4.79 Å². The lowest BCUT2D eigenvalue weighted by atomic mass is 10.1. The number of carbonyl (C=O) groups is 1. The minimum atomic E-state index is -0.00231. The molecule has 3 heteroatoms. The van der Waals surface area contributed by atoms with Gasteiger partial charge < -0.3 is 4.90 Å². The zero-order valence-electron chi connectivity index (χ0n) is 11.3. The second-order valence-corrected chi connectivity index (χ2v) is 5.63. The maximum atomic E-state index is 12.4. The Morgan fingerprint density at radius 2 is 1.53 bits per heavy atom. The molecule has 0 aliphatic heterocycles. The van der Waals surface area contributed by atoms with Crippen molar-refractivity contribution in [1.29, 1.82) is 0 Å². The number of halogens is 1. The Morgan fingerprint density at radius 1 is 1.00 bits per heavy atom. The van der Waals surface area contributed by atoms with Crippen LogP contribution in [-0.2, 0) is 0 Å². The summed E-state index contributed by atoms with van der Waals surface area (Å²) in [6.07, 6.45) is 0. The fourth-order valence-corrected chi connectivity index (χ4v) is 2.31. The smallest absolute Gasteiger partial charge is 0.258 e. The molecule has 0 saturated heterocycles. The highest BCUT2D eigenvalue weighted by Gasteiger charge is 2.13. The molecule has 0 radical (unpaired) electrons. The highest BCUT2D eigenvalue weighted by atomic mass is 79.9. The molecular formula is C16H16BrNO. The Kier molecular flexibility index (Phi) is 4.05. The number of hydrogen-bond donors (Lipinski definition) is 0. The van der Waals surface area contributed by atoms with Gasteiger partial charge >= 0.3 is 0 Å². The quantitative estimate of drug-likeness (QED) is 0.806. The van der Waals surface area contributed by atoms with Gasteiger partial charge in [-0.25, -0.2) is 0 Å². The van der Waals surface area contributed by atoms with Crippen LogP contribution in [0.5, 0.6) is 0 Å². The second-order valence-electron chi connectivity index (χ2n) is 4.72. The molecule has 2 rings (SSSR count). The van der Waals surface area contributed by atoms with Gasteiger partial charge in [0.2, 0.25) is 0 Å². The summed E-state index contributed by atoms with van der Waals surface area (Å²) in [6.45, 7) is 4.07. The first-order valence-electron chi connectivity index (χ1n) is 6.09. The van der Waals surface area contributed by atoms with Crippen molar-refractivity contribution >= 4 is 27.5 Å². The monoisotopic (exact) mass is 317 g/mol. The predicted octanol–water partition coefficient (Wildman–Crippen LogP) is 4.34. The Hall–Kier alpha value is -1.61. The van der Waals surface area contributed by atoms with Crippen molar-refractivity contribution in [2.75, 3.05) is 11.9 Å². The van der Waals surface area contributed by atoms with Gasteiger partial charge in [0.05, 0.1) is 0 Å². The summed E-state index contributed by atoms with van der Waals surface area (Å²) in [5.41, 5.74) is 3.92. The van der Waals surface area contributed by atoms with E-state index in [1.165, 1.54) is 0 Å². The average molecular weight is 318 g/mol. The van der Waals surface area contributed by atoms with Gasteiger partial charge in [0.1, 0.15) is 0 Å². The fourth-order valence-electron chi connectivity index (χ4n) is 2.05. The lowest BCUT2D eigenvalue weighted by Gasteiger charge is -2.18. The molecule has 0 aliphatic carbocycles. The first-order chi connectivity index (χ1) is 8.97. The van der Waals surface area contributed by atoms with Crippen LogP contribution in [0, 0.1) is 13.8 Å². The molecule has 2 aromatic rings. The van der Waals surface area contributed by atoms with Crippen LogP contribution >= 0.6 is 15.9 Å². The third-order valence-corrected chi connectivity index (χ3v) is 3.52. The largest absolute Gasteiger partial charge is 0.311 e. The van der Waals surface area contributed by atoms with Crippen LogP contribution in [0.1, 0.15) is 21.5 Å². The molecule has 0 unspecified atom stereocenters. The van der Waals surface area contributed by atoms with Crippen molar-refractivity contribution in [2.45, 2.75) is 13.8 Å². The molecule has 0 N–H and O–H groups in total. The summed E-state index contributed by atoms with van der Waals surface area (Å²) >= 11 is 3.37. The first kappa shape index (κ1) is 13.8. The van der Waals surface area contributed by atoms with Crippen LogP contribution in [0.15, 0.2) is 46.9 Å². The van der Waals surface area contributed by atoms with Crippen LogP contribution in [0.4, 0.5) is 5.69 Å². The number of rotatable bonds is 2.